The van der Waals surface area contributed by atoms with Gasteiger partial charge >= 0.3 is 0 Å². The molecule has 0 fully saturated rings. The topological polar surface area (TPSA) is 52.7 Å². The molecular formula is C17H14N4O. The van der Waals surface area contributed by atoms with E-state index in [-0.39, 0.29) is 5.56 Å². The van der Waals surface area contributed by atoms with Crippen molar-refractivity contribution in [3.05, 3.63) is 71.0 Å². The Morgan fingerprint density at radius 3 is 2.59 bits per heavy atom. The number of rotatable bonds is 2. The second-order valence-corrected chi connectivity index (χ2v) is 5.25. The van der Waals surface area contributed by atoms with Crippen LogP contribution in [0.1, 0.15) is 5.82 Å². The third-order valence-electron chi connectivity index (χ3n) is 3.87. The minimum absolute atomic E-state index is 0.0270. The molecule has 0 spiro atoms. The predicted molar refractivity (Wildman–Crippen MR) is 85.9 cm³/mol. The summed E-state index contributed by atoms with van der Waals surface area (Å²) in [6.45, 7) is 2.26. The van der Waals surface area contributed by atoms with Gasteiger partial charge in [-0.05, 0) is 31.2 Å². The van der Waals surface area contributed by atoms with Crippen LogP contribution in [-0.2, 0) is 6.67 Å². The summed E-state index contributed by atoms with van der Waals surface area (Å²) in [6.07, 6.45) is 1.76. The average Bonchev–Trinajstić information content (AvgIpc) is 2.95. The number of hydrogen-bond donors (Lipinski definition) is 0. The highest BCUT2D eigenvalue weighted by molar-refractivity contribution is 5.77. The molecule has 5 nitrogen and oxygen atoms in total. The van der Waals surface area contributed by atoms with E-state index in [9.17, 15) is 4.79 Å². The SMILES string of the molecule is Cc1nc2ccccc2c(=O)n1Cn1cnc2ccccc21. The van der Waals surface area contributed by atoms with Gasteiger partial charge in [0.05, 0.1) is 28.3 Å². The summed E-state index contributed by atoms with van der Waals surface area (Å²) in [5, 5.41) is 0.637. The van der Waals surface area contributed by atoms with E-state index < -0.39 is 0 Å². The monoisotopic (exact) mass is 290 g/mol. The summed E-state index contributed by atoms with van der Waals surface area (Å²) in [5.41, 5.74) is 2.63. The van der Waals surface area contributed by atoms with Crippen LogP contribution in [0.3, 0.4) is 0 Å². The standard InChI is InChI=1S/C17H14N4O/c1-12-19-14-7-3-2-6-13(14)17(22)21(12)11-20-10-18-15-8-4-5-9-16(15)20/h2-10H,11H2,1H3. The summed E-state index contributed by atoms with van der Waals surface area (Å²) in [5.74, 6) is 0.696. The summed E-state index contributed by atoms with van der Waals surface area (Å²) in [4.78, 5) is 21.6. The highest BCUT2D eigenvalue weighted by Gasteiger charge is 2.09. The van der Waals surface area contributed by atoms with Crippen molar-refractivity contribution in [2.24, 2.45) is 0 Å². The Bertz CT molecular complexity index is 1050. The van der Waals surface area contributed by atoms with E-state index in [1.165, 1.54) is 0 Å². The molecule has 0 saturated carbocycles. The molecule has 4 rings (SSSR count). The first-order valence-corrected chi connectivity index (χ1v) is 7.10. The molecule has 0 amide bonds. The van der Waals surface area contributed by atoms with Crippen LogP contribution in [0.5, 0.6) is 0 Å². The van der Waals surface area contributed by atoms with E-state index in [1.807, 2.05) is 60.0 Å². The molecule has 0 aliphatic carbocycles. The molecule has 4 aromatic rings. The average molecular weight is 290 g/mol. The van der Waals surface area contributed by atoms with Gasteiger partial charge in [0, 0.05) is 0 Å². The Labute approximate surface area is 126 Å². The van der Waals surface area contributed by atoms with Crippen molar-refractivity contribution in [3.8, 4) is 0 Å². The number of hydrogen-bond acceptors (Lipinski definition) is 3. The first-order chi connectivity index (χ1) is 10.7. The van der Waals surface area contributed by atoms with Gasteiger partial charge in [0.1, 0.15) is 12.5 Å². The molecular weight excluding hydrogens is 276 g/mol. The van der Waals surface area contributed by atoms with Crippen LogP contribution in [-0.4, -0.2) is 19.1 Å². The Morgan fingerprint density at radius 1 is 1.00 bits per heavy atom. The molecule has 2 heterocycles. The van der Waals surface area contributed by atoms with Crippen molar-refractivity contribution in [1.82, 2.24) is 19.1 Å². The van der Waals surface area contributed by atoms with Crippen LogP contribution in [0.15, 0.2) is 59.7 Å². The molecule has 0 N–H and O–H groups in total. The maximum absolute atomic E-state index is 12.7. The van der Waals surface area contributed by atoms with Crippen LogP contribution in [0.2, 0.25) is 0 Å². The zero-order valence-electron chi connectivity index (χ0n) is 12.1. The van der Waals surface area contributed by atoms with Crippen LogP contribution in [0, 0.1) is 6.92 Å². The first kappa shape index (κ1) is 12.8. The molecule has 5 heteroatoms. The lowest BCUT2D eigenvalue weighted by atomic mass is 10.2. The second kappa shape index (κ2) is 4.80. The lowest BCUT2D eigenvalue weighted by Crippen LogP contribution is -2.26. The number of fused-ring (bicyclic) bond motifs is 2. The maximum atomic E-state index is 12.7. The Hall–Kier alpha value is -2.95. The normalized spacial score (nSPS) is 11.3. The van der Waals surface area contributed by atoms with Gasteiger partial charge in [0.2, 0.25) is 0 Å². The van der Waals surface area contributed by atoms with E-state index in [1.54, 1.807) is 10.9 Å². The number of benzene rings is 2. The highest BCUT2D eigenvalue weighted by Crippen LogP contribution is 2.13. The van der Waals surface area contributed by atoms with E-state index >= 15 is 0 Å². The lowest BCUT2D eigenvalue weighted by Gasteiger charge is -2.12. The molecule has 22 heavy (non-hydrogen) atoms. The molecule has 2 aromatic heterocycles. The van der Waals surface area contributed by atoms with Crippen molar-refractivity contribution < 1.29 is 0 Å². The maximum Gasteiger partial charge on any atom is 0.262 e. The fraction of sp³-hybridized carbons (Fsp3) is 0.118. The van der Waals surface area contributed by atoms with Gasteiger partial charge in [0.25, 0.3) is 5.56 Å². The van der Waals surface area contributed by atoms with E-state index in [4.69, 9.17) is 0 Å². The third-order valence-corrected chi connectivity index (χ3v) is 3.87. The molecule has 0 atom stereocenters. The fourth-order valence-corrected chi connectivity index (χ4v) is 2.72. The van der Waals surface area contributed by atoms with Gasteiger partial charge in [-0.1, -0.05) is 24.3 Å². The Kier molecular flexibility index (Phi) is 2.79. The van der Waals surface area contributed by atoms with Crippen LogP contribution >= 0.6 is 0 Å². The Morgan fingerprint density at radius 2 is 1.73 bits per heavy atom. The van der Waals surface area contributed by atoms with Crippen LogP contribution in [0.4, 0.5) is 0 Å². The largest absolute Gasteiger partial charge is 0.311 e. The van der Waals surface area contributed by atoms with Crippen molar-refractivity contribution >= 4 is 21.9 Å². The number of aromatic nitrogens is 4. The van der Waals surface area contributed by atoms with Gasteiger partial charge in [-0.25, -0.2) is 9.97 Å². The summed E-state index contributed by atoms with van der Waals surface area (Å²) >= 11 is 0. The minimum Gasteiger partial charge on any atom is -0.311 e. The summed E-state index contributed by atoms with van der Waals surface area (Å²) < 4.78 is 3.64. The number of imidazole rings is 1. The van der Waals surface area contributed by atoms with Gasteiger partial charge in [-0.2, -0.15) is 0 Å². The molecule has 2 aromatic carbocycles. The summed E-state index contributed by atoms with van der Waals surface area (Å²) in [6, 6.07) is 15.3. The number of nitrogens with zero attached hydrogens (tertiary/aromatic N) is 4. The number of aryl methyl sites for hydroxylation is 1. The van der Waals surface area contributed by atoms with Gasteiger partial charge < -0.3 is 4.57 Å². The van der Waals surface area contributed by atoms with Crippen molar-refractivity contribution in [3.63, 3.8) is 0 Å². The molecule has 0 radical (unpaired) electrons. The van der Waals surface area contributed by atoms with Crippen LogP contribution in [0.25, 0.3) is 21.9 Å². The van der Waals surface area contributed by atoms with Crippen molar-refractivity contribution in [2.75, 3.05) is 0 Å². The zero-order chi connectivity index (χ0) is 15.1. The summed E-state index contributed by atoms with van der Waals surface area (Å²) in [7, 11) is 0. The molecule has 0 bridgehead atoms. The van der Waals surface area contributed by atoms with Crippen LogP contribution < -0.4 is 5.56 Å². The van der Waals surface area contributed by atoms with Crippen molar-refractivity contribution in [1.29, 1.82) is 0 Å². The van der Waals surface area contributed by atoms with E-state index in [0.717, 1.165) is 16.6 Å². The lowest BCUT2D eigenvalue weighted by molar-refractivity contribution is 0.579. The quantitative estimate of drug-likeness (QED) is 0.570. The highest BCUT2D eigenvalue weighted by atomic mass is 16.1. The van der Waals surface area contributed by atoms with E-state index in [0.29, 0.717) is 17.9 Å². The molecule has 0 aliphatic heterocycles. The van der Waals surface area contributed by atoms with Gasteiger partial charge in [0.15, 0.2) is 0 Å². The first-order valence-electron chi connectivity index (χ1n) is 7.10. The molecule has 108 valence electrons. The smallest absolute Gasteiger partial charge is 0.262 e. The third kappa shape index (κ3) is 1.90. The molecule has 0 saturated heterocycles. The van der Waals surface area contributed by atoms with Gasteiger partial charge in [-0.15, -0.1) is 0 Å². The zero-order valence-corrected chi connectivity index (χ0v) is 12.1. The predicted octanol–water partition coefficient (Wildman–Crippen LogP) is 2.56. The van der Waals surface area contributed by atoms with E-state index in [2.05, 4.69) is 9.97 Å². The fourth-order valence-electron chi connectivity index (χ4n) is 2.72. The van der Waals surface area contributed by atoms with Crippen molar-refractivity contribution in [2.45, 2.75) is 13.6 Å². The second-order valence-electron chi connectivity index (χ2n) is 5.25. The van der Waals surface area contributed by atoms with Gasteiger partial charge in [-0.3, -0.25) is 9.36 Å². The Balaban J connectivity index is 1.90. The molecule has 0 aliphatic rings. The minimum atomic E-state index is -0.0270. The molecule has 0 unspecified atom stereocenters. The number of para-hydroxylation sites is 3.